The van der Waals surface area contributed by atoms with Crippen LogP contribution in [0.3, 0.4) is 0 Å². The van der Waals surface area contributed by atoms with Crippen molar-refractivity contribution in [3.05, 3.63) is 27.4 Å². The number of hydrogen-bond acceptors (Lipinski definition) is 7. The van der Waals surface area contributed by atoms with Crippen LogP contribution in [-0.4, -0.2) is 60.3 Å². The largest absolute Gasteiger partial charge is 0.462 e. The predicted molar refractivity (Wildman–Crippen MR) is 108 cm³/mol. The van der Waals surface area contributed by atoms with Crippen LogP contribution in [0.1, 0.15) is 38.1 Å². The highest BCUT2D eigenvalue weighted by Gasteiger charge is 2.30. The number of ether oxygens (including phenoxy) is 2. The van der Waals surface area contributed by atoms with Gasteiger partial charge in [-0.2, -0.15) is 0 Å². The number of aromatic amines is 1. The molecule has 2 aromatic rings. The lowest BCUT2D eigenvalue weighted by Crippen LogP contribution is -2.50. The number of esters is 1. The maximum atomic E-state index is 12.6. The second-order valence-corrected chi connectivity index (χ2v) is 8.43. The maximum Gasteiger partial charge on any atom is 0.410 e. The number of rotatable bonds is 3. The number of thiophene rings is 1. The smallest absolute Gasteiger partial charge is 0.410 e. The Morgan fingerprint density at radius 1 is 1.21 bits per heavy atom. The van der Waals surface area contributed by atoms with Gasteiger partial charge in [-0.15, -0.1) is 11.3 Å². The van der Waals surface area contributed by atoms with Gasteiger partial charge in [-0.3, -0.25) is 4.79 Å². The lowest BCUT2D eigenvalue weighted by molar-refractivity contribution is 0.0239. The van der Waals surface area contributed by atoms with Crippen LogP contribution in [0.2, 0.25) is 0 Å². The highest BCUT2D eigenvalue weighted by atomic mass is 32.1. The van der Waals surface area contributed by atoms with E-state index in [1.807, 2.05) is 37.1 Å². The van der Waals surface area contributed by atoms with Crippen molar-refractivity contribution in [1.82, 2.24) is 9.88 Å². The first-order valence-electron chi connectivity index (χ1n) is 9.24. The van der Waals surface area contributed by atoms with E-state index in [1.165, 1.54) is 11.3 Å². The molecule has 1 fully saturated rings. The second kappa shape index (κ2) is 7.83. The lowest BCUT2D eigenvalue weighted by atomic mass is 10.1. The van der Waals surface area contributed by atoms with Gasteiger partial charge in [0.25, 0.3) is 5.56 Å². The summed E-state index contributed by atoms with van der Waals surface area (Å²) in [4.78, 5) is 43.7. The molecule has 1 N–H and O–H groups in total. The van der Waals surface area contributed by atoms with Crippen molar-refractivity contribution in [2.45, 2.75) is 33.3 Å². The molecule has 1 amide bonds. The molecular formula is C19H25N3O5S. The van der Waals surface area contributed by atoms with Gasteiger partial charge in [0, 0.05) is 26.2 Å². The molecule has 3 heterocycles. The number of amides is 1. The number of nitrogens with zero attached hydrogens (tertiary/aromatic N) is 2. The Morgan fingerprint density at radius 3 is 2.50 bits per heavy atom. The predicted octanol–water partition coefficient (Wildman–Crippen LogP) is 2.82. The van der Waals surface area contributed by atoms with E-state index in [0.717, 1.165) is 4.70 Å². The van der Waals surface area contributed by atoms with E-state index in [1.54, 1.807) is 11.8 Å². The van der Waals surface area contributed by atoms with Crippen LogP contribution in [0.4, 0.5) is 10.5 Å². The zero-order valence-electron chi connectivity index (χ0n) is 16.5. The van der Waals surface area contributed by atoms with E-state index >= 15 is 0 Å². The highest BCUT2D eigenvalue weighted by Crippen LogP contribution is 2.33. The molecule has 0 aliphatic carbocycles. The number of H-pyrrole nitrogens is 1. The molecule has 28 heavy (non-hydrogen) atoms. The molecule has 0 radical (unpaired) electrons. The fourth-order valence-corrected chi connectivity index (χ4v) is 4.06. The minimum atomic E-state index is -0.636. The zero-order chi connectivity index (χ0) is 20.5. The molecule has 3 rings (SSSR count). The first-order chi connectivity index (χ1) is 13.2. The standard InChI is InChI=1S/C19H25N3O5S/c1-5-26-17(24)13-14(15-12(6-11-28-15)20-16(13)23)21-7-9-22(10-8-21)18(25)27-19(2,3)4/h6,11H,5,7-10H2,1-4H3,(H,20,23). The van der Waals surface area contributed by atoms with Crippen LogP contribution < -0.4 is 10.5 Å². The van der Waals surface area contributed by atoms with Gasteiger partial charge in [-0.1, -0.05) is 0 Å². The van der Waals surface area contributed by atoms with Crippen molar-refractivity contribution < 1.29 is 19.1 Å². The van der Waals surface area contributed by atoms with Crippen molar-refractivity contribution in [1.29, 1.82) is 0 Å². The summed E-state index contributed by atoms with van der Waals surface area (Å²) in [5, 5.41) is 1.87. The van der Waals surface area contributed by atoms with Crippen molar-refractivity contribution in [3.8, 4) is 0 Å². The minimum absolute atomic E-state index is 0.0162. The van der Waals surface area contributed by atoms with E-state index in [-0.39, 0.29) is 18.3 Å². The fourth-order valence-electron chi connectivity index (χ4n) is 3.13. The number of anilines is 1. The molecule has 152 valence electrons. The number of nitrogens with one attached hydrogen (secondary N) is 1. The molecule has 0 spiro atoms. The fraction of sp³-hybridized carbons (Fsp3) is 0.526. The van der Waals surface area contributed by atoms with Gasteiger partial charge in [0.05, 0.1) is 22.5 Å². The van der Waals surface area contributed by atoms with Gasteiger partial charge in [0.15, 0.2) is 0 Å². The van der Waals surface area contributed by atoms with Crippen LogP contribution >= 0.6 is 11.3 Å². The number of hydrogen-bond donors (Lipinski definition) is 1. The summed E-state index contributed by atoms with van der Waals surface area (Å²) >= 11 is 1.46. The number of piperazine rings is 1. The lowest BCUT2D eigenvalue weighted by Gasteiger charge is -2.37. The molecule has 1 aliphatic heterocycles. The monoisotopic (exact) mass is 407 g/mol. The summed E-state index contributed by atoms with van der Waals surface area (Å²) < 4.78 is 11.4. The van der Waals surface area contributed by atoms with Crippen molar-refractivity contribution >= 4 is 39.3 Å². The SMILES string of the molecule is CCOC(=O)c1c(N2CCN(C(=O)OC(C)(C)C)CC2)c2sccc2[nH]c1=O. The molecule has 0 unspecified atom stereocenters. The van der Waals surface area contributed by atoms with E-state index in [2.05, 4.69) is 4.98 Å². The minimum Gasteiger partial charge on any atom is -0.462 e. The van der Waals surface area contributed by atoms with Gasteiger partial charge in [0.1, 0.15) is 11.2 Å². The molecular weight excluding hydrogens is 382 g/mol. The topological polar surface area (TPSA) is 91.9 Å². The summed E-state index contributed by atoms with van der Waals surface area (Å²) in [6.07, 6.45) is -0.357. The number of carbonyl (C=O) groups is 2. The summed E-state index contributed by atoms with van der Waals surface area (Å²) in [5.74, 6) is -0.636. The average molecular weight is 407 g/mol. The van der Waals surface area contributed by atoms with Crippen LogP contribution in [0.5, 0.6) is 0 Å². The molecule has 0 atom stereocenters. The summed E-state index contributed by atoms with van der Waals surface area (Å²) in [6.45, 7) is 9.24. The first-order valence-corrected chi connectivity index (χ1v) is 10.1. The van der Waals surface area contributed by atoms with Crippen molar-refractivity contribution in [3.63, 3.8) is 0 Å². The van der Waals surface area contributed by atoms with Gasteiger partial charge in [0.2, 0.25) is 0 Å². The third-order valence-electron chi connectivity index (χ3n) is 4.32. The van der Waals surface area contributed by atoms with Gasteiger partial charge in [-0.25, -0.2) is 9.59 Å². The zero-order valence-corrected chi connectivity index (χ0v) is 17.4. The highest BCUT2D eigenvalue weighted by molar-refractivity contribution is 7.17. The Bertz CT molecular complexity index is 935. The Labute approximate surface area is 167 Å². The van der Waals surface area contributed by atoms with Crippen molar-refractivity contribution in [2.75, 3.05) is 37.7 Å². The Kier molecular flexibility index (Phi) is 5.64. The number of pyridine rings is 1. The molecule has 0 aromatic carbocycles. The molecule has 9 heteroatoms. The third-order valence-corrected chi connectivity index (χ3v) is 5.24. The number of carbonyl (C=O) groups excluding carboxylic acids is 2. The van der Waals surface area contributed by atoms with E-state index in [0.29, 0.717) is 37.4 Å². The molecule has 2 aromatic heterocycles. The Hall–Kier alpha value is -2.55. The third kappa shape index (κ3) is 4.14. The first kappa shape index (κ1) is 20.2. The molecule has 0 bridgehead atoms. The average Bonchev–Trinajstić information content (AvgIpc) is 3.07. The molecule has 8 nitrogen and oxygen atoms in total. The summed E-state index contributed by atoms with van der Waals surface area (Å²) in [7, 11) is 0. The Morgan fingerprint density at radius 2 is 1.89 bits per heavy atom. The molecule has 1 saturated heterocycles. The van der Waals surface area contributed by atoms with Crippen molar-refractivity contribution in [2.24, 2.45) is 0 Å². The number of aromatic nitrogens is 1. The van der Waals surface area contributed by atoms with Crippen LogP contribution in [0, 0.1) is 0 Å². The normalized spacial score (nSPS) is 15.0. The quantitative estimate of drug-likeness (QED) is 0.787. The summed E-state index contributed by atoms with van der Waals surface area (Å²) in [6, 6.07) is 1.82. The van der Waals surface area contributed by atoms with E-state index in [9.17, 15) is 14.4 Å². The van der Waals surface area contributed by atoms with Crippen LogP contribution in [0.25, 0.3) is 10.2 Å². The molecule has 1 aliphatic rings. The Balaban J connectivity index is 1.89. The molecule has 0 saturated carbocycles. The van der Waals surface area contributed by atoms with Crippen LogP contribution in [-0.2, 0) is 9.47 Å². The van der Waals surface area contributed by atoms with Crippen LogP contribution in [0.15, 0.2) is 16.2 Å². The second-order valence-electron chi connectivity index (χ2n) is 7.52. The van der Waals surface area contributed by atoms with Gasteiger partial charge in [-0.05, 0) is 39.1 Å². The number of fused-ring (bicyclic) bond motifs is 1. The van der Waals surface area contributed by atoms with E-state index < -0.39 is 17.1 Å². The van der Waals surface area contributed by atoms with Gasteiger partial charge >= 0.3 is 12.1 Å². The summed E-state index contributed by atoms with van der Waals surface area (Å²) in [5.41, 5.74) is 0.265. The maximum absolute atomic E-state index is 12.6. The van der Waals surface area contributed by atoms with E-state index in [4.69, 9.17) is 9.47 Å². The van der Waals surface area contributed by atoms with Gasteiger partial charge < -0.3 is 24.3 Å².